The van der Waals surface area contributed by atoms with Crippen LogP contribution in [0, 0.1) is 27.7 Å². The van der Waals surface area contributed by atoms with Crippen LogP contribution in [-0.2, 0) is 19.1 Å². The lowest BCUT2D eigenvalue weighted by atomic mass is 10.0. The van der Waals surface area contributed by atoms with Crippen molar-refractivity contribution in [3.05, 3.63) is 142 Å². The van der Waals surface area contributed by atoms with Gasteiger partial charge >= 0.3 is 11.9 Å². The number of benzene rings is 4. The van der Waals surface area contributed by atoms with Crippen LogP contribution >= 0.6 is 23.5 Å². The first-order valence-electron chi connectivity index (χ1n) is 17.3. The van der Waals surface area contributed by atoms with Crippen LogP contribution in [0.5, 0.6) is 11.5 Å². The maximum absolute atomic E-state index is 11.0. The van der Waals surface area contributed by atoms with Gasteiger partial charge in [0.25, 0.3) is 0 Å². The molecule has 6 nitrogen and oxygen atoms in total. The minimum atomic E-state index is -0.245. The number of esters is 2. The number of hydrogen-bond donors (Lipinski definition) is 0. The summed E-state index contributed by atoms with van der Waals surface area (Å²) in [5, 5.41) is 0.290. The standard InChI is InChI=1S/2C22H26O3S/c1-16-14-20(21(24-4)15-17(16)2)10-11-22(19-8-6-5-7-9-19)26-13-12-25-18(3)23;1-16-14-20(21(24-4)15-17(16)2)22(26-13-12-25-18(3)23)11-10-19-8-6-5-7-9-19/h2*5-11,14-15,22H,12-13H2,1-4H3/b2*11-10+. The van der Waals surface area contributed by atoms with Gasteiger partial charge in [0.1, 0.15) is 24.7 Å². The molecule has 0 saturated carbocycles. The molecule has 2 atom stereocenters. The summed E-state index contributed by atoms with van der Waals surface area (Å²) in [5.41, 5.74) is 9.48. The Balaban J connectivity index is 0.000000280. The van der Waals surface area contributed by atoms with Crippen molar-refractivity contribution >= 4 is 47.6 Å². The largest absolute Gasteiger partial charge is 0.496 e. The van der Waals surface area contributed by atoms with Crippen LogP contribution in [0.4, 0.5) is 0 Å². The Hall–Kier alpha value is -4.40. The Kier molecular flexibility index (Phi) is 18.2. The molecule has 0 aliphatic heterocycles. The van der Waals surface area contributed by atoms with E-state index in [1.807, 2.05) is 36.4 Å². The van der Waals surface area contributed by atoms with E-state index in [1.165, 1.54) is 41.7 Å². The SMILES string of the molecule is COc1cc(C)c(C)cc1/C=C/C(SCCOC(C)=O)c1ccccc1.COc1cc(C)c(C)cc1C(/C=C/c1ccccc1)SCCOC(C)=O. The molecule has 0 bridgehead atoms. The highest BCUT2D eigenvalue weighted by atomic mass is 32.2. The van der Waals surface area contributed by atoms with Crippen molar-refractivity contribution in [3.63, 3.8) is 0 Å². The number of aryl methyl sites for hydroxylation is 4. The molecule has 0 heterocycles. The smallest absolute Gasteiger partial charge is 0.302 e. The summed E-state index contributed by atoms with van der Waals surface area (Å²) in [6, 6.07) is 29.0. The van der Waals surface area contributed by atoms with Gasteiger partial charge in [0.05, 0.1) is 19.5 Å². The fraction of sp³-hybridized carbons (Fsp3) is 0.318. The topological polar surface area (TPSA) is 71.1 Å². The summed E-state index contributed by atoms with van der Waals surface area (Å²) in [5.74, 6) is 2.74. The van der Waals surface area contributed by atoms with Crippen molar-refractivity contribution in [2.75, 3.05) is 38.9 Å². The van der Waals surface area contributed by atoms with Crippen LogP contribution in [0.15, 0.2) is 97.1 Å². The van der Waals surface area contributed by atoms with E-state index in [-0.39, 0.29) is 22.4 Å². The van der Waals surface area contributed by atoms with E-state index in [0.717, 1.165) is 39.7 Å². The lowest BCUT2D eigenvalue weighted by Gasteiger charge is -2.18. The lowest BCUT2D eigenvalue weighted by molar-refractivity contribution is -0.141. The first-order chi connectivity index (χ1) is 25.0. The van der Waals surface area contributed by atoms with Crippen LogP contribution < -0.4 is 9.47 Å². The average molecular weight is 741 g/mol. The van der Waals surface area contributed by atoms with Crippen molar-refractivity contribution in [2.24, 2.45) is 0 Å². The summed E-state index contributed by atoms with van der Waals surface area (Å²) in [6.45, 7) is 12.1. The second kappa shape index (κ2) is 22.5. The van der Waals surface area contributed by atoms with E-state index in [2.05, 4.69) is 101 Å². The van der Waals surface area contributed by atoms with E-state index in [0.29, 0.717) is 13.2 Å². The fourth-order valence-corrected chi connectivity index (χ4v) is 7.12. The van der Waals surface area contributed by atoms with Gasteiger partial charge in [-0.25, -0.2) is 0 Å². The highest BCUT2D eigenvalue weighted by Gasteiger charge is 2.16. The first kappa shape index (κ1) is 42.0. The zero-order chi connectivity index (χ0) is 37.9. The van der Waals surface area contributed by atoms with Crippen molar-refractivity contribution in [2.45, 2.75) is 52.0 Å². The molecule has 0 radical (unpaired) electrons. The van der Waals surface area contributed by atoms with E-state index >= 15 is 0 Å². The third kappa shape index (κ3) is 14.3. The van der Waals surface area contributed by atoms with Crippen molar-refractivity contribution in [1.29, 1.82) is 0 Å². The van der Waals surface area contributed by atoms with Crippen molar-refractivity contribution < 1.29 is 28.5 Å². The number of hydrogen-bond acceptors (Lipinski definition) is 8. The number of thioether (sulfide) groups is 2. The summed E-state index contributed by atoms with van der Waals surface area (Å²) < 4.78 is 21.3. The number of methoxy groups -OCH3 is 2. The fourth-order valence-electron chi connectivity index (χ4n) is 5.16. The van der Waals surface area contributed by atoms with Crippen LogP contribution in [-0.4, -0.2) is 50.9 Å². The minimum absolute atomic E-state index is 0.111. The summed E-state index contributed by atoms with van der Waals surface area (Å²) >= 11 is 3.49. The van der Waals surface area contributed by atoms with Crippen LogP contribution in [0.1, 0.15) is 68.9 Å². The highest BCUT2D eigenvalue weighted by molar-refractivity contribution is 7.99. The van der Waals surface area contributed by atoms with E-state index < -0.39 is 0 Å². The van der Waals surface area contributed by atoms with E-state index in [9.17, 15) is 9.59 Å². The molecule has 8 heteroatoms. The molecule has 0 aromatic heterocycles. The van der Waals surface area contributed by atoms with Gasteiger partial charge in [-0.15, -0.1) is 23.5 Å². The Morgan fingerprint density at radius 2 is 1.10 bits per heavy atom. The second-order valence-corrected chi connectivity index (χ2v) is 14.7. The van der Waals surface area contributed by atoms with Gasteiger partial charge in [0, 0.05) is 41.7 Å². The maximum Gasteiger partial charge on any atom is 0.302 e. The molecule has 0 N–H and O–H groups in total. The average Bonchev–Trinajstić information content (AvgIpc) is 3.14. The highest BCUT2D eigenvalue weighted by Crippen LogP contribution is 2.38. The molecule has 276 valence electrons. The molecule has 0 amide bonds. The lowest BCUT2D eigenvalue weighted by Crippen LogP contribution is -2.05. The van der Waals surface area contributed by atoms with Crippen molar-refractivity contribution in [3.8, 4) is 11.5 Å². The first-order valence-corrected chi connectivity index (χ1v) is 19.4. The predicted octanol–water partition coefficient (Wildman–Crippen LogP) is 10.7. The van der Waals surface area contributed by atoms with E-state index in [1.54, 1.807) is 37.7 Å². The molecule has 0 spiro atoms. The minimum Gasteiger partial charge on any atom is -0.496 e. The number of rotatable bonds is 16. The molecular formula is C44H52O6S2. The van der Waals surface area contributed by atoms with Gasteiger partial charge in [-0.3, -0.25) is 9.59 Å². The summed E-state index contributed by atoms with van der Waals surface area (Å²) in [7, 11) is 3.40. The molecule has 52 heavy (non-hydrogen) atoms. The second-order valence-electron chi connectivity index (χ2n) is 12.2. The molecule has 4 aromatic rings. The van der Waals surface area contributed by atoms with Crippen LogP contribution in [0.25, 0.3) is 12.2 Å². The summed E-state index contributed by atoms with van der Waals surface area (Å²) in [6.07, 6.45) is 8.60. The van der Waals surface area contributed by atoms with Gasteiger partial charge in [-0.2, -0.15) is 0 Å². The molecule has 0 saturated heterocycles. The van der Waals surface area contributed by atoms with Gasteiger partial charge < -0.3 is 18.9 Å². The van der Waals surface area contributed by atoms with Crippen LogP contribution in [0.3, 0.4) is 0 Å². The summed E-state index contributed by atoms with van der Waals surface area (Å²) in [4.78, 5) is 21.9. The van der Waals surface area contributed by atoms with Gasteiger partial charge in [0.15, 0.2) is 0 Å². The Labute approximate surface area is 319 Å². The number of ether oxygens (including phenoxy) is 4. The maximum atomic E-state index is 11.0. The molecule has 4 rings (SSSR count). The quantitative estimate of drug-likeness (QED) is 0.0831. The third-order valence-electron chi connectivity index (χ3n) is 8.21. The Morgan fingerprint density at radius 3 is 1.65 bits per heavy atom. The molecular weight excluding hydrogens is 689 g/mol. The van der Waals surface area contributed by atoms with Gasteiger partial charge in [0.2, 0.25) is 0 Å². The molecule has 2 unspecified atom stereocenters. The van der Waals surface area contributed by atoms with E-state index in [4.69, 9.17) is 18.9 Å². The Morgan fingerprint density at radius 1 is 0.615 bits per heavy atom. The monoisotopic (exact) mass is 740 g/mol. The van der Waals surface area contributed by atoms with Gasteiger partial charge in [-0.05, 0) is 79.3 Å². The molecule has 0 fully saturated rings. The molecule has 4 aromatic carbocycles. The zero-order valence-corrected chi connectivity index (χ0v) is 33.3. The van der Waals surface area contributed by atoms with Gasteiger partial charge in [-0.1, -0.05) is 91.0 Å². The Bertz CT molecular complexity index is 1770. The number of carbonyl (C=O) groups excluding carboxylic acids is 2. The normalized spacial score (nSPS) is 12.2. The molecule has 0 aliphatic rings. The number of carbonyl (C=O) groups is 2. The predicted molar refractivity (Wildman–Crippen MR) is 220 cm³/mol. The van der Waals surface area contributed by atoms with Crippen LogP contribution in [0.2, 0.25) is 0 Å². The van der Waals surface area contributed by atoms with Crippen molar-refractivity contribution in [1.82, 2.24) is 0 Å². The third-order valence-corrected chi connectivity index (χ3v) is 10.6. The molecule has 0 aliphatic carbocycles. The zero-order valence-electron chi connectivity index (χ0n) is 31.6.